The largest absolute Gasteiger partial charge is 0.354 e. The van der Waals surface area contributed by atoms with Gasteiger partial charge in [0.2, 0.25) is 5.91 Å². The Hall–Kier alpha value is -3.23. The van der Waals surface area contributed by atoms with E-state index in [2.05, 4.69) is 10.3 Å². The molecule has 0 saturated carbocycles. The molecule has 3 aromatic rings. The molecule has 3 rings (SSSR count). The lowest BCUT2D eigenvalue weighted by atomic mass is 10.1. The van der Waals surface area contributed by atoms with Gasteiger partial charge in [-0.05, 0) is 24.1 Å². The molecule has 1 N–H and O–H groups in total. The molecule has 0 unspecified atom stereocenters. The molecule has 8 nitrogen and oxygen atoms in total. The Morgan fingerprint density at radius 2 is 2.04 bits per heavy atom. The lowest BCUT2D eigenvalue weighted by Gasteiger charge is -2.09. The van der Waals surface area contributed by atoms with Crippen LogP contribution in [-0.4, -0.2) is 31.1 Å². The number of hydrogen-bond acceptors (Lipinski definition) is 4. The zero-order chi connectivity index (χ0) is 18.8. The van der Waals surface area contributed by atoms with Crippen molar-refractivity contribution in [1.29, 1.82) is 0 Å². The third-order valence-electron chi connectivity index (χ3n) is 4.13. The van der Waals surface area contributed by atoms with E-state index in [9.17, 15) is 18.8 Å². The van der Waals surface area contributed by atoms with E-state index < -0.39 is 23.7 Å². The molecule has 0 bridgehead atoms. The highest BCUT2D eigenvalue weighted by Crippen LogP contribution is 2.04. The van der Waals surface area contributed by atoms with Crippen LogP contribution in [-0.2, 0) is 31.9 Å². The van der Waals surface area contributed by atoms with E-state index in [1.54, 1.807) is 19.2 Å². The van der Waals surface area contributed by atoms with Gasteiger partial charge in [0.05, 0.1) is 6.33 Å². The zero-order valence-electron chi connectivity index (χ0n) is 14.4. The van der Waals surface area contributed by atoms with Crippen LogP contribution in [0.4, 0.5) is 4.39 Å². The molecule has 26 heavy (non-hydrogen) atoms. The predicted octanol–water partition coefficient (Wildman–Crippen LogP) is -0.0683. The highest BCUT2D eigenvalue weighted by atomic mass is 19.1. The number of fused-ring (bicyclic) bond motifs is 1. The van der Waals surface area contributed by atoms with Crippen molar-refractivity contribution >= 4 is 17.1 Å². The van der Waals surface area contributed by atoms with Crippen LogP contribution in [0.25, 0.3) is 11.2 Å². The van der Waals surface area contributed by atoms with Gasteiger partial charge in [0, 0.05) is 20.6 Å². The van der Waals surface area contributed by atoms with Crippen LogP contribution in [0.1, 0.15) is 5.56 Å². The van der Waals surface area contributed by atoms with Crippen molar-refractivity contribution in [1.82, 2.24) is 24.0 Å². The van der Waals surface area contributed by atoms with Crippen LogP contribution >= 0.6 is 0 Å². The topological polar surface area (TPSA) is 90.9 Å². The number of hydrogen-bond donors (Lipinski definition) is 1. The van der Waals surface area contributed by atoms with Crippen LogP contribution < -0.4 is 16.6 Å². The fourth-order valence-electron chi connectivity index (χ4n) is 2.77. The fourth-order valence-corrected chi connectivity index (χ4v) is 2.77. The molecular weight excluding hydrogens is 341 g/mol. The first-order chi connectivity index (χ1) is 12.4. The summed E-state index contributed by atoms with van der Waals surface area (Å²) in [6.45, 7) is -0.124. The Labute approximate surface area is 147 Å². The maximum absolute atomic E-state index is 13.1. The Kier molecular flexibility index (Phi) is 4.70. The van der Waals surface area contributed by atoms with Crippen molar-refractivity contribution in [3.8, 4) is 0 Å². The zero-order valence-corrected chi connectivity index (χ0v) is 14.4. The number of rotatable bonds is 5. The quantitative estimate of drug-likeness (QED) is 0.691. The van der Waals surface area contributed by atoms with Gasteiger partial charge >= 0.3 is 5.69 Å². The van der Waals surface area contributed by atoms with Gasteiger partial charge in [-0.2, -0.15) is 0 Å². The van der Waals surface area contributed by atoms with Crippen LogP contribution in [0.3, 0.4) is 0 Å². The standard InChI is InChI=1S/C17H18FN5O3/c1-21-10-20-15-14(21)16(25)23(17(26)22(15)2)9-13(24)19-7-6-11-4-3-5-12(18)8-11/h3-5,8,10H,6-7,9H2,1-2H3,(H,19,24). The molecule has 0 spiro atoms. The number of benzene rings is 1. The number of aromatic nitrogens is 4. The monoisotopic (exact) mass is 359 g/mol. The maximum atomic E-state index is 13.1. The van der Waals surface area contributed by atoms with E-state index in [-0.39, 0.29) is 23.5 Å². The van der Waals surface area contributed by atoms with Crippen molar-refractivity contribution in [3.05, 3.63) is 62.8 Å². The average molecular weight is 359 g/mol. The predicted molar refractivity (Wildman–Crippen MR) is 93.3 cm³/mol. The molecule has 0 aliphatic carbocycles. The van der Waals surface area contributed by atoms with Gasteiger partial charge in [0.25, 0.3) is 5.56 Å². The van der Waals surface area contributed by atoms with Gasteiger partial charge in [-0.3, -0.25) is 14.2 Å². The van der Waals surface area contributed by atoms with Crippen LogP contribution in [0.2, 0.25) is 0 Å². The summed E-state index contributed by atoms with van der Waals surface area (Å²) in [5, 5.41) is 2.64. The Morgan fingerprint density at radius 3 is 2.77 bits per heavy atom. The second kappa shape index (κ2) is 6.95. The Morgan fingerprint density at radius 1 is 1.27 bits per heavy atom. The lowest BCUT2D eigenvalue weighted by Crippen LogP contribution is -2.43. The first-order valence-electron chi connectivity index (χ1n) is 8.00. The number of nitrogens with zero attached hydrogens (tertiary/aromatic N) is 4. The van der Waals surface area contributed by atoms with Crippen LogP contribution in [0.5, 0.6) is 0 Å². The van der Waals surface area contributed by atoms with Gasteiger partial charge in [0.15, 0.2) is 11.2 Å². The number of halogens is 1. The molecule has 0 saturated heterocycles. The van der Waals surface area contributed by atoms with Gasteiger partial charge in [0.1, 0.15) is 12.4 Å². The van der Waals surface area contributed by atoms with Crippen LogP contribution in [0.15, 0.2) is 40.2 Å². The minimum Gasteiger partial charge on any atom is -0.354 e. The third-order valence-corrected chi connectivity index (χ3v) is 4.13. The molecular formula is C17H18FN5O3. The summed E-state index contributed by atoms with van der Waals surface area (Å²) in [4.78, 5) is 41.0. The van der Waals surface area contributed by atoms with Crippen molar-refractivity contribution in [2.45, 2.75) is 13.0 Å². The summed E-state index contributed by atoms with van der Waals surface area (Å²) in [6, 6.07) is 6.09. The van der Waals surface area contributed by atoms with E-state index >= 15 is 0 Å². The van der Waals surface area contributed by atoms with Gasteiger partial charge < -0.3 is 9.88 Å². The molecule has 0 radical (unpaired) electrons. The summed E-state index contributed by atoms with van der Waals surface area (Å²) < 4.78 is 16.8. The number of imidazole rings is 1. The smallest absolute Gasteiger partial charge is 0.332 e. The maximum Gasteiger partial charge on any atom is 0.332 e. The molecule has 2 heterocycles. The summed E-state index contributed by atoms with van der Waals surface area (Å²) >= 11 is 0. The lowest BCUT2D eigenvalue weighted by molar-refractivity contribution is -0.121. The van der Waals surface area contributed by atoms with Crippen molar-refractivity contribution in [3.63, 3.8) is 0 Å². The highest BCUT2D eigenvalue weighted by Gasteiger charge is 2.16. The van der Waals surface area contributed by atoms with Crippen molar-refractivity contribution in [2.24, 2.45) is 14.1 Å². The SMILES string of the molecule is Cn1cnc2c1c(=O)n(CC(=O)NCCc1cccc(F)c1)c(=O)n2C. The van der Waals surface area contributed by atoms with E-state index in [4.69, 9.17) is 0 Å². The number of amides is 1. The fraction of sp³-hybridized carbons (Fsp3) is 0.294. The molecule has 0 atom stereocenters. The minimum atomic E-state index is -0.610. The molecule has 136 valence electrons. The molecule has 1 aromatic carbocycles. The molecule has 0 fully saturated rings. The molecule has 0 aliphatic rings. The summed E-state index contributed by atoms with van der Waals surface area (Å²) in [6.07, 6.45) is 1.88. The first-order valence-corrected chi connectivity index (χ1v) is 8.00. The van der Waals surface area contributed by atoms with Gasteiger partial charge in [-0.15, -0.1) is 0 Å². The number of nitrogens with one attached hydrogen (secondary N) is 1. The van der Waals surface area contributed by atoms with E-state index in [1.807, 2.05) is 0 Å². The second-order valence-electron chi connectivity index (χ2n) is 5.99. The summed E-state index contributed by atoms with van der Waals surface area (Å²) in [7, 11) is 3.14. The molecule has 2 aromatic heterocycles. The van der Waals surface area contributed by atoms with Crippen molar-refractivity contribution < 1.29 is 9.18 Å². The number of carbonyl (C=O) groups excluding carboxylic acids is 1. The van der Waals surface area contributed by atoms with Gasteiger partial charge in [-0.1, -0.05) is 12.1 Å². The number of aryl methyl sites for hydroxylation is 2. The summed E-state index contributed by atoms with van der Waals surface area (Å²) in [5.74, 6) is -0.810. The van der Waals surface area contributed by atoms with E-state index in [1.165, 1.54) is 34.6 Å². The third kappa shape index (κ3) is 3.28. The average Bonchev–Trinajstić information content (AvgIpc) is 2.99. The van der Waals surface area contributed by atoms with Crippen LogP contribution in [0, 0.1) is 5.82 Å². The van der Waals surface area contributed by atoms with Gasteiger partial charge in [-0.25, -0.2) is 18.7 Å². The molecule has 1 amide bonds. The highest BCUT2D eigenvalue weighted by molar-refractivity contribution is 5.76. The number of carbonyl (C=O) groups is 1. The summed E-state index contributed by atoms with van der Waals surface area (Å²) in [5.41, 5.74) is 0.0875. The second-order valence-corrected chi connectivity index (χ2v) is 5.99. The first kappa shape index (κ1) is 17.6. The van der Waals surface area contributed by atoms with E-state index in [0.717, 1.165) is 10.1 Å². The van der Waals surface area contributed by atoms with E-state index in [0.29, 0.717) is 6.42 Å². The Balaban J connectivity index is 1.74. The molecule has 9 heteroatoms. The van der Waals surface area contributed by atoms with Crippen molar-refractivity contribution in [2.75, 3.05) is 6.54 Å². The molecule has 0 aliphatic heterocycles. The Bertz CT molecular complexity index is 1100. The normalized spacial score (nSPS) is 11.0. The minimum absolute atomic E-state index is 0.250.